The molecule has 0 aliphatic carbocycles. The molecule has 0 saturated carbocycles. The zero-order valence-electron chi connectivity index (χ0n) is 14.2. The van der Waals surface area contributed by atoms with Crippen LogP contribution in [0.4, 0.5) is 0 Å². The van der Waals surface area contributed by atoms with Gasteiger partial charge in [-0.2, -0.15) is 5.10 Å². The lowest BCUT2D eigenvalue weighted by Crippen LogP contribution is -2.54. The average Bonchev–Trinajstić information content (AvgIpc) is 3.27. The van der Waals surface area contributed by atoms with Crippen LogP contribution in [-0.2, 0) is 23.2 Å². The number of aryl methyl sites for hydroxylation is 1. The van der Waals surface area contributed by atoms with Crippen LogP contribution in [0.25, 0.3) is 0 Å². The number of thiazole rings is 1. The summed E-state index contributed by atoms with van der Waals surface area (Å²) in [5.41, 5.74) is 0.497. The molecule has 0 spiro atoms. The fourth-order valence-electron chi connectivity index (χ4n) is 3.02. The van der Waals surface area contributed by atoms with Gasteiger partial charge in [-0.05, 0) is 38.4 Å². The lowest BCUT2D eigenvalue weighted by Gasteiger charge is -2.36. The zero-order chi connectivity index (χ0) is 16.1. The van der Waals surface area contributed by atoms with Crippen LogP contribution in [0.3, 0.4) is 0 Å². The van der Waals surface area contributed by atoms with Gasteiger partial charge in [0.2, 0.25) is 5.91 Å². The second-order valence-corrected chi connectivity index (χ2v) is 6.77. The molecule has 0 aromatic carbocycles. The number of rotatable bonds is 6. The number of carbonyl (C=O) groups excluding carboxylic acids is 1. The molecular weight excluding hydrogens is 381 g/mol. The van der Waals surface area contributed by atoms with Gasteiger partial charge in [-0.15, -0.1) is 36.2 Å². The van der Waals surface area contributed by atoms with E-state index in [1.807, 2.05) is 16.9 Å². The normalized spacial score (nSPS) is 15.7. The maximum absolute atomic E-state index is 12.9. The van der Waals surface area contributed by atoms with E-state index >= 15 is 0 Å². The molecule has 2 aromatic rings. The average molecular weight is 406 g/mol. The third-order valence-electron chi connectivity index (χ3n) is 4.36. The van der Waals surface area contributed by atoms with Crippen molar-refractivity contribution in [1.82, 2.24) is 25.4 Å². The topological polar surface area (TPSA) is 71.8 Å². The van der Waals surface area contributed by atoms with Gasteiger partial charge in [-0.25, -0.2) is 4.98 Å². The Bertz CT molecular complexity index is 641. The molecule has 140 valence electrons. The molecule has 0 bridgehead atoms. The highest BCUT2D eigenvalue weighted by molar-refractivity contribution is 7.09. The maximum atomic E-state index is 12.9. The molecule has 1 aliphatic heterocycles. The SMILES string of the molecule is CCc1nc(CCNC(=O)C2(n3cccn3)CCNCC2)cs1.Cl.Cl. The summed E-state index contributed by atoms with van der Waals surface area (Å²) < 4.78 is 1.82. The predicted octanol–water partition coefficient (Wildman–Crippen LogP) is 2.18. The molecule has 0 atom stereocenters. The van der Waals surface area contributed by atoms with Gasteiger partial charge in [0.25, 0.3) is 0 Å². The first-order valence-electron chi connectivity index (χ1n) is 8.17. The molecule has 1 fully saturated rings. The van der Waals surface area contributed by atoms with Crippen LogP contribution in [0.5, 0.6) is 0 Å². The van der Waals surface area contributed by atoms with Gasteiger partial charge < -0.3 is 10.6 Å². The van der Waals surface area contributed by atoms with E-state index in [-0.39, 0.29) is 30.7 Å². The fraction of sp³-hybridized carbons (Fsp3) is 0.562. The summed E-state index contributed by atoms with van der Waals surface area (Å²) in [6.07, 6.45) is 6.88. The summed E-state index contributed by atoms with van der Waals surface area (Å²) in [5, 5.41) is 14.0. The van der Waals surface area contributed by atoms with Crippen molar-refractivity contribution in [3.8, 4) is 0 Å². The Morgan fingerprint density at radius 1 is 1.40 bits per heavy atom. The van der Waals surface area contributed by atoms with Gasteiger partial charge in [0.1, 0.15) is 5.54 Å². The van der Waals surface area contributed by atoms with Crippen molar-refractivity contribution in [2.24, 2.45) is 0 Å². The van der Waals surface area contributed by atoms with Crippen molar-refractivity contribution in [1.29, 1.82) is 0 Å². The van der Waals surface area contributed by atoms with Crippen LogP contribution < -0.4 is 10.6 Å². The van der Waals surface area contributed by atoms with Crippen LogP contribution in [0.1, 0.15) is 30.5 Å². The van der Waals surface area contributed by atoms with Crippen LogP contribution in [0, 0.1) is 0 Å². The molecule has 1 amide bonds. The Morgan fingerprint density at radius 2 is 2.16 bits per heavy atom. The van der Waals surface area contributed by atoms with E-state index in [0.29, 0.717) is 6.54 Å². The van der Waals surface area contributed by atoms with Crippen LogP contribution in [0.2, 0.25) is 0 Å². The second-order valence-electron chi connectivity index (χ2n) is 5.82. The third kappa shape index (κ3) is 4.94. The van der Waals surface area contributed by atoms with E-state index < -0.39 is 5.54 Å². The van der Waals surface area contributed by atoms with E-state index in [2.05, 4.69) is 33.0 Å². The Balaban J connectivity index is 0.00000156. The van der Waals surface area contributed by atoms with Gasteiger partial charge >= 0.3 is 0 Å². The fourth-order valence-corrected chi connectivity index (χ4v) is 3.80. The van der Waals surface area contributed by atoms with E-state index in [1.165, 1.54) is 0 Å². The molecule has 2 N–H and O–H groups in total. The van der Waals surface area contributed by atoms with Gasteiger partial charge in [0.15, 0.2) is 0 Å². The predicted molar refractivity (Wildman–Crippen MR) is 105 cm³/mol. The van der Waals surface area contributed by atoms with Crippen molar-refractivity contribution in [2.75, 3.05) is 19.6 Å². The van der Waals surface area contributed by atoms with E-state index in [4.69, 9.17) is 0 Å². The Morgan fingerprint density at radius 3 is 2.76 bits per heavy atom. The van der Waals surface area contributed by atoms with E-state index in [0.717, 1.165) is 49.5 Å². The minimum atomic E-state index is -0.564. The molecule has 3 heterocycles. The number of piperidine rings is 1. The summed E-state index contributed by atoms with van der Waals surface area (Å²) in [4.78, 5) is 17.4. The highest BCUT2D eigenvalue weighted by atomic mass is 35.5. The molecule has 1 aliphatic rings. The Kier molecular flexibility index (Phi) is 8.85. The number of nitrogens with one attached hydrogen (secondary N) is 2. The van der Waals surface area contributed by atoms with Gasteiger partial charge in [-0.1, -0.05) is 6.92 Å². The number of carbonyl (C=O) groups is 1. The first kappa shape index (κ1) is 21.9. The highest BCUT2D eigenvalue weighted by Crippen LogP contribution is 2.27. The van der Waals surface area contributed by atoms with Crippen molar-refractivity contribution in [3.05, 3.63) is 34.5 Å². The lowest BCUT2D eigenvalue weighted by atomic mass is 9.87. The molecule has 3 rings (SSSR count). The summed E-state index contributed by atoms with van der Waals surface area (Å²) in [7, 11) is 0. The number of hydrogen-bond acceptors (Lipinski definition) is 5. The lowest BCUT2D eigenvalue weighted by molar-refractivity contribution is -0.131. The van der Waals surface area contributed by atoms with Crippen LogP contribution in [0.15, 0.2) is 23.8 Å². The van der Waals surface area contributed by atoms with Crippen molar-refractivity contribution in [2.45, 2.75) is 38.1 Å². The molecule has 6 nitrogen and oxygen atoms in total. The molecule has 2 aromatic heterocycles. The van der Waals surface area contributed by atoms with E-state index in [9.17, 15) is 4.79 Å². The smallest absolute Gasteiger partial charge is 0.248 e. The summed E-state index contributed by atoms with van der Waals surface area (Å²) >= 11 is 1.69. The van der Waals surface area contributed by atoms with Gasteiger partial charge in [0.05, 0.1) is 10.7 Å². The number of aromatic nitrogens is 3. The molecule has 1 saturated heterocycles. The number of nitrogens with zero attached hydrogens (tertiary/aromatic N) is 3. The van der Waals surface area contributed by atoms with Crippen molar-refractivity contribution >= 4 is 42.1 Å². The minimum Gasteiger partial charge on any atom is -0.354 e. The molecule has 9 heteroatoms. The highest BCUT2D eigenvalue weighted by Gasteiger charge is 2.41. The zero-order valence-corrected chi connectivity index (χ0v) is 16.7. The third-order valence-corrected chi connectivity index (χ3v) is 5.41. The minimum absolute atomic E-state index is 0. The summed E-state index contributed by atoms with van der Waals surface area (Å²) in [6.45, 7) is 4.38. The first-order valence-corrected chi connectivity index (χ1v) is 9.05. The van der Waals surface area contributed by atoms with E-state index in [1.54, 1.807) is 17.5 Å². The summed E-state index contributed by atoms with van der Waals surface area (Å²) in [6, 6.07) is 1.87. The standard InChI is InChI=1S/C16H23N5OS.2ClH/c1-2-14-20-13(12-23-14)4-8-18-15(22)16(5-9-17-10-6-16)21-11-3-7-19-21;;/h3,7,11-12,17H,2,4-6,8-10H2,1H3,(H,18,22);2*1H. The van der Waals surface area contributed by atoms with Crippen molar-refractivity contribution in [3.63, 3.8) is 0 Å². The number of halogens is 2. The van der Waals surface area contributed by atoms with Gasteiger partial charge in [0, 0.05) is 30.7 Å². The molecule has 25 heavy (non-hydrogen) atoms. The first-order chi connectivity index (χ1) is 11.2. The maximum Gasteiger partial charge on any atom is 0.248 e. The largest absolute Gasteiger partial charge is 0.354 e. The van der Waals surface area contributed by atoms with Crippen LogP contribution >= 0.6 is 36.2 Å². The monoisotopic (exact) mass is 405 g/mol. The molecular formula is C16H25Cl2N5OS. The summed E-state index contributed by atoms with van der Waals surface area (Å²) in [5.74, 6) is 0.0636. The van der Waals surface area contributed by atoms with Gasteiger partial charge in [-0.3, -0.25) is 9.48 Å². The Hall–Kier alpha value is -1.15. The molecule has 0 radical (unpaired) electrons. The number of hydrogen-bond donors (Lipinski definition) is 2. The Labute approximate surface area is 164 Å². The number of amides is 1. The second kappa shape index (κ2) is 10.1. The molecule has 0 unspecified atom stereocenters. The van der Waals surface area contributed by atoms with Crippen LogP contribution in [-0.4, -0.2) is 40.3 Å². The van der Waals surface area contributed by atoms with Crippen molar-refractivity contribution < 1.29 is 4.79 Å². The quantitative estimate of drug-likeness (QED) is 0.772.